The van der Waals surface area contributed by atoms with Crippen LogP contribution in [0.2, 0.25) is 0 Å². The molecule has 1 aromatic rings. The lowest BCUT2D eigenvalue weighted by Crippen LogP contribution is -2.14. The van der Waals surface area contributed by atoms with Gasteiger partial charge in [-0.25, -0.2) is 0 Å². The van der Waals surface area contributed by atoms with Gasteiger partial charge in [0.2, 0.25) is 0 Å². The molecule has 1 saturated heterocycles. The van der Waals surface area contributed by atoms with Gasteiger partial charge in [0.05, 0.1) is 11.6 Å². The number of anilines is 1. The van der Waals surface area contributed by atoms with Crippen molar-refractivity contribution in [3.63, 3.8) is 0 Å². The van der Waals surface area contributed by atoms with Gasteiger partial charge in [0, 0.05) is 12.2 Å². The Morgan fingerprint density at radius 1 is 1.56 bits per heavy atom. The molecule has 1 N–H and O–H groups in total. The van der Waals surface area contributed by atoms with Gasteiger partial charge in [-0.2, -0.15) is 17.0 Å². The summed E-state index contributed by atoms with van der Waals surface area (Å²) in [5, 5.41) is 12.3. The molecule has 0 bridgehead atoms. The number of nitrogens with zero attached hydrogens (tertiary/aromatic N) is 1. The monoisotopic (exact) mass is 232 g/mol. The molecule has 1 fully saturated rings. The van der Waals surface area contributed by atoms with Gasteiger partial charge < -0.3 is 5.32 Å². The van der Waals surface area contributed by atoms with Crippen molar-refractivity contribution < 1.29 is 0 Å². The zero-order valence-electron chi connectivity index (χ0n) is 9.49. The number of benzene rings is 1. The van der Waals surface area contributed by atoms with Crippen molar-refractivity contribution in [2.45, 2.75) is 13.3 Å². The van der Waals surface area contributed by atoms with Crippen LogP contribution < -0.4 is 5.32 Å². The molecule has 2 nitrogen and oxygen atoms in total. The second-order valence-corrected chi connectivity index (χ2v) is 5.40. The van der Waals surface area contributed by atoms with Crippen LogP contribution in [0.25, 0.3) is 0 Å². The SMILES string of the molecule is Cc1ccc(C#N)cc1NCC1CCSC1. The van der Waals surface area contributed by atoms with Gasteiger partial charge in [-0.05, 0) is 48.5 Å². The van der Waals surface area contributed by atoms with Crippen LogP contribution in [-0.2, 0) is 0 Å². The number of thioether (sulfide) groups is 1. The average Bonchev–Trinajstić information content (AvgIpc) is 2.81. The third-order valence-corrected chi connectivity index (χ3v) is 4.20. The van der Waals surface area contributed by atoms with E-state index in [1.165, 1.54) is 23.5 Å². The molecule has 3 heteroatoms. The topological polar surface area (TPSA) is 35.8 Å². The number of hydrogen-bond acceptors (Lipinski definition) is 3. The number of rotatable bonds is 3. The third-order valence-electron chi connectivity index (χ3n) is 2.97. The Balaban J connectivity index is 2.00. The molecule has 0 aromatic heterocycles. The molecule has 2 rings (SSSR count). The van der Waals surface area contributed by atoms with E-state index in [1.54, 1.807) is 0 Å². The van der Waals surface area contributed by atoms with E-state index < -0.39 is 0 Å². The van der Waals surface area contributed by atoms with Crippen molar-refractivity contribution in [2.24, 2.45) is 5.92 Å². The Labute approximate surface area is 101 Å². The van der Waals surface area contributed by atoms with E-state index in [1.807, 2.05) is 30.0 Å². The first-order valence-electron chi connectivity index (χ1n) is 5.62. The van der Waals surface area contributed by atoms with Gasteiger partial charge in [0.15, 0.2) is 0 Å². The molecule has 0 saturated carbocycles. The van der Waals surface area contributed by atoms with Crippen molar-refractivity contribution in [1.29, 1.82) is 5.26 Å². The first-order chi connectivity index (χ1) is 7.79. The summed E-state index contributed by atoms with van der Waals surface area (Å²) in [5.41, 5.74) is 3.05. The predicted molar refractivity (Wildman–Crippen MR) is 69.8 cm³/mol. The first-order valence-corrected chi connectivity index (χ1v) is 6.77. The summed E-state index contributed by atoms with van der Waals surface area (Å²) in [6.07, 6.45) is 1.31. The Hall–Kier alpha value is -1.14. The predicted octanol–water partition coefficient (Wildman–Crippen LogP) is 3.03. The van der Waals surface area contributed by atoms with Crippen LogP contribution in [-0.4, -0.2) is 18.1 Å². The van der Waals surface area contributed by atoms with E-state index in [2.05, 4.69) is 18.3 Å². The van der Waals surface area contributed by atoms with Crippen molar-refractivity contribution in [2.75, 3.05) is 23.4 Å². The van der Waals surface area contributed by atoms with Crippen LogP contribution in [0.5, 0.6) is 0 Å². The van der Waals surface area contributed by atoms with Crippen LogP contribution in [0.15, 0.2) is 18.2 Å². The zero-order valence-corrected chi connectivity index (χ0v) is 10.3. The largest absolute Gasteiger partial charge is 0.384 e. The fraction of sp³-hybridized carbons (Fsp3) is 0.462. The van der Waals surface area contributed by atoms with Gasteiger partial charge in [-0.15, -0.1) is 0 Å². The summed E-state index contributed by atoms with van der Waals surface area (Å²) < 4.78 is 0. The molecule has 0 spiro atoms. The van der Waals surface area contributed by atoms with Crippen LogP contribution in [0.3, 0.4) is 0 Å². The number of nitriles is 1. The highest BCUT2D eigenvalue weighted by molar-refractivity contribution is 7.99. The van der Waals surface area contributed by atoms with E-state index in [0.717, 1.165) is 23.7 Å². The lowest BCUT2D eigenvalue weighted by molar-refractivity contribution is 0.631. The average molecular weight is 232 g/mol. The van der Waals surface area contributed by atoms with E-state index in [0.29, 0.717) is 0 Å². The van der Waals surface area contributed by atoms with Gasteiger partial charge in [-0.3, -0.25) is 0 Å². The van der Waals surface area contributed by atoms with Gasteiger partial charge in [0.1, 0.15) is 0 Å². The first kappa shape index (κ1) is 11.3. The Kier molecular flexibility index (Phi) is 3.74. The van der Waals surface area contributed by atoms with Gasteiger partial charge in [-0.1, -0.05) is 6.07 Å². The minimum absolute atomic E-state index is 0.730. The smallest absolute Gasteiger partial charge is 0.0992 e. The second-order valence-electron chi connectivity index (χ2n) is 4.25. The van der Waals surface area contributed by atoms with Crippen molar-refractivity contribution >= 4 is 17.4 Å². The molecule has 0 aliphatic carbocycles. The standard InChI is InChI=1S/C13H16N2S/c1-10-2-3-11(7-14)6-13(10)15-8-12-4-5-16-9-12/h2-3,6,12,15H,4-5,8-9H2,1H3. The maximum atomic E-state index is 8.85. The fourth-order valence-electron chi connectivity index (χ4n) is 1.88. The molecule has 84 valence electrons. The van der Waals surface area contributed by atoms with Crippen LogP contribution in [0.1, 0.15) is 17.5 Å². The molecular formula is C13H16N2S. The Morgan fingerprint density at radius 3 is 3.12 bits per heavy atom. The van der Waals surface area contributed by atoms with Crippen molar-refractivity contribution in [3.05, 3.63) is 29.3 Å². The maximum absolute atomic E-state index is 8.85. The molecule has 0 radical (unpaired) electrons. The minimum atomic E-state index is 0.730. The minimum Gasteiger partial charge on any atom is -0.384 e. The fourth-order valence-corrected chi connectivity index (χ4v) is 3.17. The quantitative estimate of drug-likeness (QED) is 0.870. The van der Waals surface area contributed by atoms with Gasteiger partial charge >= 0.3 is 0 Å². The summed E-state index contributed by atoms with van der Waals surface area (Å²) >= 11 is 2.04. The van der Waals surface area contributed by atoms with Gasteiger partial charge in [0.25, 0.3) is 0 Å². The van der Waals surface area contributed by atoms with E-state index >= 15 is 0 Å². The molecule has 0 amide bonds. The third kappa shape index (κ3) is 2.70. The van der Waals surface area contributed by atoms with E-state index in [-0.39, 0.29) is 0 Å². The van der Waals surface area contributed by atoms with Crippen LogP contribution >= 0.6 is 11.8 Å². The summed E-state index contributed by atoms with van der Waals surface area (Å²) in [5.74, 6) is 3.35. The summed E-state index contributed by atoms with van der Waals surface area (Å²) in [6, 6.07) is 7.99. The van der Waals surface area contributed by atoms with E-state index in [9.17, 15) is 0 Å². The maximum Gasteiger partial charge on any atom is 0.0992 e. The molecule has 1 unspecified atom stereocenters. The molecule has 1 heterocycles. The molecule has 16 heavy (non-hydrogen) atoms. The summed E-state index contributed by atoms with van der Waals surface area (Å²) in [4.78, 5) is 0. The highest BCUT2D eigenvalue weighted by Gasteiger charge is 2.15. The van der Waals surface area contributed by atoms with Crippen molar-refractivity contribution in [3.8, 4) is 6.07 Å². The summed E-state index contributed by atoms with van der Waals surface area (Å²) in [6.45, 7) is 3.11. The highest BCUT2D eigenvalue weighted by Crippen LogP contribution is 2.24. The normalized spacial score (nSPS) is 19.4. The van der Waals surface area contributed by atoms with Crippen LogP contribution in [0, 0.1) is 24.2 Å². The lowest BCUT2D eigenvalue weighted by Gasteiger charge is -2.13. The number of aryl methyl sites for hydroxylation is 1. The lowest BCUT2D eigenvalue weighted by atomic mass is 10.1. The number of nitrogens with one attached hydrogen (secondary N) is 1. The molecule has 1 aliphatic rings. The molecule has 1 atom stereocenters. The molecule has 1 aromatic carbocycles. The molecule has 1 aliphatic heterocycles. The molecular weight excluding hydrogens is 216 g/mol. The highest BCUT2D eigenvalue weighted by atomic mass is 32.2. The van der Waals surface area contributed by atoms with Crippen LogP contribution in [0.4, 0.5) is 5.69 Å². The zero-order chi connectivity index (χ0) is 11.4. The Morgan fingerprint density at radius 2 is 2.44 bits per heavy atom. The second kappa shape index (κ2) is 5.27. The van der Waals surface area contributed by atoms with Crippen molar-refractivity contribution in [1.82, 2.24) is 0 Å². The Bertz CT molecular complexity index is 403. The summed E-state index contributed by atoms with van der Waals surface area (Å²) in [7, 11) is 0. The van der Waals surface area contributed by atoms with E-state index in [4.69, 9.17) is 5.26 Å². The number of hydrogen-bond donors (Lipinski definition) is 1.